The van der Waals surface area contributed by atoms with Gasteiger partial charge >= 0.3 is 0 Å². The second kappa shape index (κ2) is 7.44. The molecule has 128 valence electrons. The molecule has 1 atom stereocenters. The maximum Gasteiger partial charge on any atom is 0.227 e. The first-order chi connectivity index (χ1) is 11.5. The van der Waals surface area contributed by atoms with Gasteiger partial charge in [0.25, 0.3) is 0 Å². The van der Waals surface area contributed by atoms with Crippen molar-refractivity contribution >= 4 is 27.7 Å². The molecule has 2 aromatic rings. The van der Waals surface area contributed by atoms with Gasteiger partial charge in [-0.25, -0.2) is 4.98 Å². The van der Waals surface area contributed by atoms with Crippen molar-refractivity contribution in [3.63, 3.8) is 0 Å². The van der Waals surface area contributed by atoms with Crippen LogP contribution in [0.15, 0.2) is 35.1 Å². The number of anilines is 2. The first-order valence-corrected chi connectivity index (χ1v) is 8.88. The molecule has 1 aliphatic heterocycles. The highest BCUT2D eigenvalue weighted by atomic mass is 79.9. The van der Waals surface area contributed by atoms with Crippen molar-refractivity contribution in [2.24, 2.45) is 0 Å². The Balaban J connectivity index is 1.62. The third-order valence-corrected chi connectivity index (χ3v) is 4.84. The summed E-state index contributed by atoms with van der Waals surface area (Å²) in [5, 5.41) is 0. The van der Waals surface area contributed by atoms with E-state index in [1.165, 1.54) is 0 Å². The van der Waals surface area contributed by atoms with E-state index >= 15 is 0 Å². The van der Waals surface area contributed by atoms with Gasteiger partial charge in [-0.1, -0.05) is 0 Å². The summed E-state index contributed by atoms with van der Waals surface area (Å²) >= 11 is 3.43. The number of likely N-dealkylation sites (tertiary alicyclic amines) is 1. The Morgan fingerprint density at radius 2 is 2.04 bits per heavy atom. The molecular weight excluding hydrogens is 368 g/mol. The maximum atomic E-state index is 4.64. The van der Waals surface area contributed by atoms with E-state index in [0.717, 1.165) is 48.0 Å². The summed E-state index contributed by atoms with van der Waals surface area (Å²) in [5.41, 5.74) is 1.10. The highest BCUT2D eigenvalue weighted by Gasteiger charge is 2.27. The molecule has 0 saturated carbocycles. The number of hydrogen-bond acceptors (Lipinski definition) is 6. The SMILES string of the molecule is CN(C)c1ccnc(N(C)C2CCN(Cc3ccc(Br)cn3)C2)n1. The smallest absolute Gasteiger partial charge is 0.227 e. The lowest BCUT2D eigenvalue weighted by atomic mass is 10.2. The van der Waals surface area contributed by atoms with Gasteiger partial charge in [0.2, 0.25) is 5.95 Å². The molecule has 6 nitrogen and oxygen atoms in total. The minimum atomic E-state index is 0.429. The zero-order valence-corrected chi connectivity index (χ0v) is 15.9. The topological polar surface area (TPSA) is 48.4 Å². The van der Waals surface area contributed by atoms with Gasteiger partial charge in [0.1, 0.15) is 5.82 Å². The molecule has 1 fully saturated rings. The molecule has 0 radical (unpaired) electrons. The van der Waals surface area contributed by atoms with Crippen LogP contribution in [-0.4, -0.2) is 60.1 Å². The van der Waals surface area contributed by atoms with Gasteiger partial charge in [-0.2, -0.15) is 4.98 Å². The van der Waals surface area contributed by atoms with Crippen LogP contribution in [0.1, 0.15) is 12.1 Å². The molecule has 1 saturated heterocycles. The second-order valence-corrected chi connectivity index (χ2v) is 7.28. The number of hydrogen-bond donors (Lipinski definition) is 0. The van der Waals surface area contributed by atoms with Gasteiger partial charge in [-0.3, -0.25) is 9.88 Å². The highest BCUT2D eigenvalue weighted by Crippen LogP contribution is 2.21. The fraction of sp³-hybridized carbons (Fsp3) is 0.471. The molecule has 0 aliphatic carbocycles. The molecule has 3 heterocycles. The monoisotopic (exact) mass is 390 g/mol. The average Bonchev–Trinajstić information content (AvgIpc) is 3.05. The normalized spacial score (nSPS) is 17.9. The molecule has 2 aromatic heterocycles. The molecule has 3 rings (SSSR count). The Labute approximate surface area is 151 Å². The largest absolute Gasteiger partial charge is 0.363 e. The van der Waals surface area contributed by atoms with E-state index in [4.69, 9.17) is 0 Å². The third-order valence-electron chi connectivity index (χ3n) is 4.37. The lowest BCUT2D eigenvalue weighted by molar-refractivity contribution is 0.321. The van der Waals surface area contributed by atoms with Crippen LogP contribution in [0.3, 0.4) is 0 Å². The van der Waals surface area contributed by atoms with Crippen LogP contribution < -0.4 is 9.80 Å². The van der Waals surface area contributed by atoms with Gasteiger partial charge in [0.15, 0.2) is 0 Å². The van der Waals surface area contributed by atoms with E-state index in [9.17, 15) is 0 Å². The molecule has 1 aliphatic rings. The molecule has 0 N–H and O–H groups in total. The van der Waals surface area contributed by atoms with Crippen molar-refractivity contribution in [2.75, 3.05) is 44.0 Å². The Hall–Kier alpha value is -1.73. The van der Waals surface area contributed by atoms with E-state index in [1.807, 2.05) is 43.5 Å². The number of pyridine rings is 1. The number of halogens is 1. The first-order valence-electron chi connectivity index (χ1n) is 8.09. The summed E-state index contributed by atoms with van der Waals surface area (Å²) in [6.45, 7) is 2.96. The van der Waals surface area contributed by atoms with Crippen molar-refractivity contribution in [2.45, 2.75) is 19.0 Å². The van der Waals surface area contributed by atoms with Gasteiger partial charge in [-0.05, 0) is 40.5 Å². The van der Waals surface area contributed by atoms with Crippen LogP contribution >= 0.6 is 15.9 Å². The number of rotatable bonds is 5. The van der Waals surface area contributed by atoms with Gasteiger partial charge in [0, 0.05) is 63.7 Å². The maximum absolute atomic E-state index is 4.64. The summed E-state index contributed by atoms with van der Waals surface area (Å²) in [7, 11) is 6.07. The average molecular weight is 391 g/mol. The summed E-state index contributed by atoms with van der Waals surface area (Å²) in [6, 6.07) is 6.48. The van der Waals surface area contributed by atoms with Crippen LogP contribution in [0.4, 0.5) is 11.8 Å². The van der Waals surface area contributed by atoms with Crippen molar-refractivity contribution in [1.82, 2.24) is 19.9 Å². The molecular formula is C17H23BrN6. The van der Waals surface area contributed by atoms with Crippen LogP contribution in [0.25, 0.3) is 0 Å². The molecule has 0 spiro atoms. The van der Waals surface area contributed by atoms with Crippen LogP contribution in [0.5, 0.6) is 0 Å². The van der Waals surface area contributed by atoms with Crippen molar-refractivity contribution in [3.05, 3.63) is 40.8 Å². The van der Waals surface area contributed by atoms with E-state index in [1.54, 1.807) is 0 Å². The standard InChI is InChI=1S/C17H23BrN6/c1-22(2)16-6-8-19-17(21-16)23(3)15-7-9-24(12-15)11-14-5-4-13(18)10-20-14/h4-6,8,10,15H,7,9,11-12H2,1-3H3. The molecule has 1 unspecified atom stereocenters. The van der Waals surface area contributed by atoms with Gasteiger partial charge < -0.3 is 9.80 Å². The number of nitrogens with zero attached hydrogens (tertiary/aromatic N) is 6. The van der Waals surface area contributed by atoms with E-state index < -0.39 is 0 Å². The quantitative estimate of drug-likeness (QED) is 0.780. The van der Waals surface area contributed by atoms with Crippen LogP contribution in [0.2, 0.25) is 0 Å². The molecule has 0 bridgehead atoms. The molecule has 24 heavy (non-hydrogen) atoms. The Morgan fingerprint density at radius 1 is 1.21 bits per heavy atom. The summed E-state index contributed by atoms with van der Waals surface area (Å²) < 4.78 is 1.02. The minimum Gasteiger partial charge on any atom is -0.363 e. The van der Waals surface area contributed by atoms with E-state index in [0.29, 0.717) is 6.04 Å². The predicted octanol–water partition coefficient (Wildman–Crippen LogP) is 2.41. The molecule has 0 amide bonds. The Bertz CT molecular complexity index is 675. The number of likely N-dealkylation sites (N-methyl/N-ethyl adjacent to an activating group) is 1. The molecule has 7 heteroatoms. The fourth-order valence-electron chi connectivity index (χ4n) is 2.92. The first kappa shape index (κ1) is 17.1. The van der Waals surface area contributed by atoms with Gasteiger partial charge in [-0.15, -0.1) is 0 Å². The summed E-state index contributed by atoms with van der Waals surface area (Å²) in [5.74, 6) is 1.72. The minimum absolute atomic E-state index is 0.429. The zero-order chi connectivity index (χ0) is 17.1. The summed E-state index contributed by atoms with van der Waals surface area (Å²) in [6.07, 6.45) is 4.80. The third kappa shape index (κ3) is 4.02. The van der Waals surface area contributed by atoms with E-state index in [-0.39, 0.29) is 0 Å². The van der Waals surface area contributed by atoms with Crippen molar-refractivity contribution < 1.29 is 0 Å². The van der Waals surface area contributed by atoms with Gasteiger partial charge in [0.05, 0.1) is 5.69 Å². The highest BCUT2D eigenvalue weighted by molar-refractivity contribution is 9.10. The molecule has 0 aromatic carbocycles. The lowest BCUT2D eigenvalue weighted by Gasteiger charge is -2.25. The van der Waals surface area contributed by atoms with E-state index in [2.05, 4.69) is 53.8 Å². The summed E-state index contributed by atoms with van der Waals surface area (Å²) in [4.78, 5) is 20.2. The van der Waals surface area contributed by atoms with Crippen molar-refractivity contribution in [3.8, 4) is 0 Å². The van der Waals surface area contributed by atoms with Crippen LogP contribution in [-0.2, 0) is 6.54 Å². The van der Waals surface area contributed by atoms with Crippen molar-refractivity contribution in [1.29, 1.82) is 0 Å². The Morgan fingerprint density at radius 3 is 2.75 bits per heavy atom. The van der Waals surface area contributed by atoms with Crippen LogP contribution in [0, 0.1) is 0 Å². The number of aromatic nitrogens is 3. The fourth-order valence-corrected chi connectivity index (χ4v) is 3.16. The predicted molar refractivity (Wildman–Crippen MR) is 100 cm³/mol. The second-order valence-electron chi connectivity index (χ2n) is 6.37. The zero-order valence-electron chi connectivity index (χ0n) is 14.4. The Kier molecular flexibility index (Phi) is 5.30. The lowest BCUT2D eigenvalue weighted by Crippen LogP contribution is -2.35.